The van der Waals surface area contributed by atoms with E-state index in [0.29, 0.717) is 5.41 Å². The molecule has 118 valence electrons. The van der Waals surface area contributed by atoms with Crippen LogP contribution in [0.25, 0.3) is 5.57 Å². The van der Waals surface area contributed by atoms with Crippen LogP contribution in [0.1, 0.15) is 77.3 Å². The van der Waals surface area contributed by atoms with Gasteiger partial charge in [0.2, 0.25) is 0 Å². The number of allylic oxidation sites excluding steroid dienone is 1. The van der Waals surface area contributed by atoms with E-state index < -0.39 is 0 Å². The minimum Gasteiger partial charge on any atom is -0.0651 e. The highest BCUT2D eigenvalue weighted by molar-refractivity contribution is 14.1. The smallest absolute Gasteiger partial charge is 0.0196 e. The fourth-order valence-corrected chi connectivity index (χ4v) is 3.29. The minimum absolute atomic E-state index is 0.486. The molecule has 0 saturated carbocycles. The van der Waals surface area contributed by atoms with E-state index in [9.17, 15) is 0 Å². The highest BCUT2D eigenvalue weighted by atomic mass is 127. The van der Waals surface area contributed by atoms with Crippen molar-refractivity contribution in [1.82, 2.24) is 0 Å². The average Bonchev–Trinajstić information content (AvgIpc) is 2.43. The van der Waals surface area contributed by atoms with Gasteiger partial charge in [0.25, 0.3) is 0 Å². The van der Waals surface area contributed by atoms with Gasteiger partial charge in [-0.05, 0) is 51.9 Å². The molecule has 1 aromatic carbocycles. The molecule has 21 heavy (non-hydrogen) atoms. The first-order chi connectivity index (χ1) is 9.96. The van der Waals surface area contributed by atoms with Crippen molar-refractivity contribution in [1.29, 1.82) is 0 Å². The van der Waals surface area contributed by atoms with Gasteiger partial charge in [-0.3, -0.25) is 0 Å². The van der Waals surface area contributed by atoms with Gasteiger partial charge in [0, 0.05) is 0 Å². The number of rotatable bonds is 8. The molecule has 0 unspecified atom stereocenters. The highest BCUT2D eigenvalue weighted by Gasteiger charge is 2.08. The molecule has 0 spiro atoms. The van der Waals surface area contributed by atoms with Crippen LogP contribution in [-0.4, -0.2) is 0 Å². The quantitative estimate of drug-likeness (QED) is 0.316. The maximum atomic E-state index is 2.39. The molecular formula is C20H31I. The van der Waals surface area contributed by atoms with Gasteiger partial charge in [-0.25, -0.2) is 0 Å². The van der Waals surface area contributed by atoms with Crippen LogP contribution in [0.3, 0.4) is 0 Å². The minimum atomic E-state index is 0.486. The zero-order chi connectivity index (χ0) is 15.7. The Morgan fingerprint density at radius 1 is 1.14 bits per heavy atom. The van der Waals surface area contributed by atoms with Crippen molar-refractivity contribution >= 4 is 28.2 Å². The lowest BCUT2D eigenvalue weighted by molar-refractivity contribution is 0.358. The molecule has 0 aromatic heterocycles. The zero-order valence-corrected chi connectivity index (χ0v) is 16.4. The van der Waals surface area contributed by atoms with E-state index in [1.54, 1.807) is 0 Å². The van der Waals surface area contributed by atoms with Gasteiger partial charge in [0.05, 0.1) is 0 Å². The monoisotopic (exact) mass is 398 g/mol. The molecule has 1 aromatic rings. The van der Waals surface area contributed by atoms with Crippen LogP contribution in [0.4, 0.5) is 0 Å². The van der Waals surface area contributed by atoms with Crippen LogP contribution >= 0.6 is 22.6 Å². The molecule has 0 fully saturated rings. The van der Waals surface area contributed by atoms with E-state index in [-0.39, 0.29) is 0 Å². The summed E-state index contributed by atoms with van der Waals surface area (Å²) in [5.74, 6) is 0. The van der Waals surface area contributed by atoms with Crippen molar-refractivity contribution < 1.29 is 0 Å². The van der Waals surface area contributed by atoms with E-state index in [1.807, 2.05) is 0 Å². The Morgan fingerprint density at radius 3 is 2.52 bits per heavy atom. The van der Waals surface area contributed by atoms with E-state index in [4.69, 9.17) is 0 Å². The third kappa shape index (κ3) is 8.04. The van der Waals surface area contributed by atoms with Gasteiger partial charge >= 0.3 is 0 Å². The van der Waals surface area contributed by atoms with Crippen LogP contribution in [0.2, 0.25) is 0 Å². The van der Waals surface area contributed by atoms with Crippen molar-refractivity contribution in [3.63, 3.8) is 0 Å². The molecule has 0 aliphatic carbocycles. The SMILES string of the molecule is CCC/C(=C\I)c1cccc(CCCCCC(C)(C)C)c1. The van der Waals surface area contributed by atoms with Crippen molar-refractivity contribution in [2.24, 2.45) is 5.41 Å². The lowest BCUT2D eigenvalue weighted by Crippen LogP contribution is -2.04. The van der Waals surface area contributed by atoms with Crippen molar-refractivity contribution in [3.05, 3.63) is 39.5 Å². The molecule has 0 amide bonds. The highest BCUT2D eigenvalue weighted by Crippen LogP contribution is 2.24. The summed E-state index contributed by atoms with van der Waals surface area (Å²) in [7, 11) is 0. The standard InChI is InChI=1S/C20H31I/c1-5-10-19(16-21)18-13-9-12-17(15-18)11-7-6-8-14-20(2,3)4/h9,12-13,15-16H,5-8,10-11,14H2,1-4H3/b19-16+. The van der Waals surface area contributed by atoms with Crippen molar-refractivity contribution in [2.75, 3.05) is 0 Å². The molecule has 0 bridgehead atoms. The Morgan fingerprint density at radius 2 is 1.90 bits per heavy atom. The molecule has 0 aliphatic rings. The topological polar surface area (TPSA) is 0 Å². The summed E-state index contributed by atoms with van der Waals surface area (Å²) in [5.41, 5.74) is 4.88. The maximum absolute atomic E-state index is 2.39. The fraction of sp³-hybridized carbons (Fsp3) is 0.600. The van der Waals surface area contributed by atoms with Crippen molar-refractivity contribution in [3.8, 4) is 0 Å². The Labute approximate surface area is 145 Å². The van der Waals surface area contributed by atoms with Crippen molar-refractivity contribution in [2.45, 2.75) is 72.6 Å². The molecular weight excluding hydrogens is 367 g/mol. The van der Waals surface area contributed by atoms with Gasteiger partial charge in [-0.2, -0.15) is 0 Å². The summed E-state index contributed by atoms with van der Waals surface area (Å²) in [6, 6.07) is 9.15. The van der Waals surface area contributed by atoms with Gasteiger partial charge in [-0.1, -0.05) is 93.8 Å². The third-order valence-corrected chi connectivity index (χ3v) is 4.59. The normalized spacial score (nSPS) is 12.7. The maximum Gasteiger partial charge on any atom is -0.0196 e. The average molecular weight is 398 g/mol. The van der Waals surface area contributed by atoms with Crippen LogP contribution in [0.15, 0.2) is 28.3 Å². The molecule has 1 rings (SSSR count). The van der Waals surface area contributed by atoms with E-state index in [2.05, 4.69) is 78.6 Å². The first kappa shape index (κ1) is 18.7. The van der Waals surface area contributed by atoms with E-state index in [0.717, 1.165) is 0 Å². The summed E-state index contributed by atoms with van der Waals surface area (Å²) < 4.78 is 2.24. The molecule has 0 nitrogen and oxygen atoms in total. The Bertz CT molecular complexity index is 437. The predicted octanol–water partition coefficient (Wildman–Crippen LogP) is 7.41. The number of benzene rings is 1. The summed E-state index contributed by atoms with van der Waals surface area (Å²) in [5, 5.41) is 0. The lowest BCUT2D eigenvalue weighted by atomic mass is 9.89. The molecule has 1 heteroatoms. The first-order valence-corrected chi connectivity index (χ1v) is 9.59. The second-order valence-electron chi connectivity index (χ2n) is 7.21. The zero-order valence-electron chi connectivity index (χ0n) is 14.2. The van der Waals surface area contributed by atoms with Crippen LogP contribution in [-0.2, 0) is 6.42 Å². The summed E-state index contributed by atoms with van der Waals surface area (Å²) in [4.78, 5) is 0. The summed E-state index contributed by atoms with van der Waals surface area (Å²) in [6.45, 7) is 9.26. The molecule has 0 radical (unpaired) electrons. The summed E-state index contributed by atoms with van der Waals surface area (Å²) in [6.07, 6.45) is 8.98. The van der Waals surface area contributed by atoms with E-state index in [1.165, 1.54) is 61.6 Å². The predicted molar refractivity (Wildman–Crippen MR) is 105 cm³/mol. The van der Waals surface area contributed by atoms with Crippen LogP contribution in [0, 0.1) is 5.41 Å². The first-order valence-electron chi connectivity index (χ1n) is 8.35. The Kier molecular flexibility index (Phi) is 8.62. The number of unbranched alkanes of at least 4 members (excludes halogenated alkanes) is 2. The Balaban J connectivity index is 2.46. The summed E-state index contributed by atoms with van der Waals surface area (Å²) >= 11 is 2.37. The molecule has 0 saturated heterocycles. The Hall–Kier alpha value is -0.310. The fourth-order valence-electron chi connectivity index (χ4n) is 2.62. The second-order valence-corrected chi connectivity index (χ2v) is 7.83. The molecule has 0 atom stereocenters. The number of hydrogen-bond donors (Lipinski definition) is 0. The molecule has 0 heterocycles. The number of hydrogen-bond acceptors (Lipinski definition) is 0. The van der Waals surface area contributed by atoms with Crippen LogP contribution < -0.4 is 0 Å². The number of aryl methyl sites for hydroxylation is 1. The largest absolute Gasteiger partial charge is 0.0651 e. The lowest BCUT2D eigenvalue weighted by Gasteiger charge is -2.17. The van der Waals surface area contributed by atoms with Gasteiger partial charge in [0.15, 0.2) is 0 Å². The molecule has 0 aliphatic heterocycles. The third-order valence-electron chi connectivity index (χ3n) is 3.84. The molecule has 0 N–H and O–H groups in total. The number of halogens is 1. The van der Waals surface area contributed by atoms with E-state index >= 15 is 0 Å². The van der Waals surface area contributed by atoms with Gasteiger partial charge < -0.3 is 0 Å². The second kappa shape index (κ2) is 9.66. The van der Waals surface area contributed by atoms with Gasteiger partial charge in [-0.15, -0.1) is 0 Å². The van der Waals surface area contributed by atoms with Crippen LogP contribution in [0.5, 0.6) is 0 Å². The van der Waals surface area contributed by atoms with Gasteiger partial charge in [0.1, 0.15) is 0 Å².